The number of anilines is 1. The molecule has 0 aromatic heterocycles. The van der Waals surface area contributed by atoms with Gasteiger partial charge < -0.3 is 9.84 Å². The van der Waals surface area contributed by atoms with Crippen LogP contribution in [0, 0.1) is 0 Å². The molecule has 1 aromatic carbocycles. The Hall–Kier alpha value is -2.30. The van der Waals surface area contributed by atoms with Crippen molar-refractivity contribution in [2.24, 2.45) is 0 Å². The number of ether oxygens (including phenoxy) is 1. The molecule has 1 unspecified atom stereocenters. The van der Waals surface area contributed by atoms with E-state index in [-0.39, 0.29) is 12.1 Å². The minimum absolute atomic E-state index is 0.0678. The SMILES string of the molecule is C=C(C)C(=O)OC(C)CN(C(=O)O)c1ccccc1. The van der Waals surface area contributed by atoms with Gasteiger partial charge in [0.05, 0.1) is 6.54 Å². The Balaban J connectivity index is 2.73. The van der Waals surface area contributed by atoms with Gasteiger partial charge in [-0.2, -0.15) is 0 Å². The van der Waals surface area contributed by atoms with E-state index in [1.54, 1.807) is 44.2 Å². The van der Waals surface area contributed by atoms with E-state index in [1.165, 1.54) is 0 Å². The summed E-state index contributed by atoms with van der Waals surface area (Å²) in [6, 6.07) is 8.66. The van der Waals surface area contributed by atoms with Crippen molar-refractivity contribution in [1.82, 2.24) is 0 Å². The van der Waals surface area contributed by atoms with Crippen LogP contribution in [-0.2, 0) is 9.53 Å². The standard InChI is InChI=1S/C14H17NO4/c1-10(2)13(16)19-11(3)9-15(14(17)18)12-7-5-4-6-8-12/h4-8,11H,1,9H2,2-3H3,(H,17,18). The summed E-state index contributed by atoms with van der Waals surface area (Å²) in [5, 5.41) is 9.19. The molecule has 0 radical (unpaired) electrons. The summed E-state index contributed by atoms with van der Waals surface area (Å²) >= 11 is 0. The summed E-state index contributed by atoms with van der Waals surface area (Å²) in [7, 11) is 0. The van der Waals surface area contributed by atoms with Crippen LogP contribution in [0.15, 0.2) is 42.5 Å². The first-order chi connectivity index (χ1) is 8.91. The van der Waals surface area contributed by atoms with Crippen LogP contribution in [0.3, 0.4) is 0 Å². The number of benzene rings is 1. The number of esters is 1. The van der Waals surface area contributed by atoms with E-state index in [1.807, 2.05) is 0 Å². The van der Waals surface area contributed by atoms with E-state index in [4.69, 9.17) is 4.74 Å². The maximum atomic E-state index is 11.4. The minimum Gasteiger partial charge on any atom is -0.465 e. The summed E-state index contributed by atoms with van der Waals surface area (Å²) in [5.74, 6) is -0.522. The van der Waals surface area contributed by atoms with Gasteiger partial charge >= 0.3 is 12.1 Å². The molecule has 0 aliphatic heterocycles. The van der Waals surface area contributed by atoms with Gasteiger partial charge in [0.25, 0.3) is 0 Å². The van der Waals surface area contributed by atoms with E-state index in [2.05, 4.69) is 6.58 Å². The fraction of sp³-hybridized carbons (Fsp3) is 0.286. The van der Waals surface area contributed by atoms with Gasteiger partial charge in [0.1, 0.15) is 6.10 Å². The topological polar surface area (TPSA) is 66.8 Å². The van der Waals surface area contributed by atoms with Gasteiger partial charge in [-0.25, -0.2) is 9.59 Å². The van der Waals surface area contributed by atoms with Crippen LogP contribution in [0.4, 0.5) is 10.5 Å². The van der Waals surface area contributed by atoms with Crippen molar-refractivity contribution in [2.45, 2.75) is 20.0 Å². The first-order valence-electron chi connectivity index (χ1n) is 5.83. The lowest BCUT2D eigenvalue weighted by Gasteiger charge is -2.23. The highest BCUT2D eigenvalue weighted by molar-refractivity contribution is 5.88. The molecule has 0 saturated heterocycles. The van der Waals surface area contributed by atoms with Crippen LogP contribution >= 0.6 is 0 Å². The molecule has 19 heavy (non-hydrogen) atoms. The zero-order valence-corrected chi connectivity index (χ0v) is 11.0. The molecule has 102 valence electrons. The predicted octanol–water partition coefficient (Wildman–Crippen LogP) is 2.68. The molecule has 5 heteroatoms. The average molecular weight is 263 g/mol. The maximum Gasteiger partial charge on any atom is 0.411 e. The molecule has 5 nitrogen and oxygen atoms in total. The number of carboxylic acid groups (broad SMARTS) is 1. The summed E-state index contributed by atoms with van der Waals surface area (Å²) in [6.45, 7) is 6.73. The first kappa shape index (κ1) is 14.8. The van der Waals surface area contributed by atoms with Crippen molar-refractivity contribution in [3.63, 3.8) is 0 Å². The number of para-hydroxylation sites is 1. The highest BCUT2D eigenvalue weighted by Crippen LogP contribution is 2.14. The summed E-state index contributed by atoms with van der Waals surface area (Å²) in [5.41, 5.74) is 0.821. The second-order valence-corrected chi connectivity index (χ2v) is 4.22. The van der Waals surface area contributed by atoms with Gasteiger partial charge in [-0.3, -0.25) is 4.90 Å². The number of carbonyl (C=O) groups is 2. The highest BCUT2D eigenvalue weighted by Gasteiger charge is 2.19. The third kappa shape index (κ3) is 4.46. The Morgan fingerprint density at radius 2 is 1.95 bits per heavy atom. The van der Waals surface area contributed by atoms with E-state index < -0.39 is 18.2 Å². The van der Waals surface area contributed by atoms with Crippen molar-refractivity contribution < 1.29 is 19.4 Å². The van der Waals surface area contributed by atoms with Gasteiger partial charge in [0, 0.05) is 11.3 Å². The Morgan fingerprint density at radius 3 is 2.42 bits per heavy atom. The van der Waals surface area contributed by atoms with Crippen molar-refractivity contribution in [2.75, 3.05) is 11.4 Å². The summed E-state index contributed by atoms with van der Waals surface area (Å²) in [4.78, 5) is 23.7. The van der Waals surface area contributed by atoms with E-state index >= 15 is 0 Å². The molecule has 1 N–H and O–H groups in total. The van der Waals surface area contributed by atoms with E-state index in [0.29, 0.717) is 5.69 Å². The fourth-order valence-electron chi connectivity index (χ4n) is 1.48. The molecule has 0 fully saturated rings. The molecule has 1 atom stereocenters. The molecule has 1 amide bonds. The van der Waals surface area contributed by atoms with Crippen LogP contribution in [0.1, 0.15) is 13.8 Å². The predicted molar refractivity (Wildman–Crippen MR) is 72.2 cm³/mol. The second kappa shape index (κ2) is 6.58. The molecule has 0 aliphatic carbocycles. The molecule has 0 heterocycles. The Labute approximate surface area is 112 Å². The van der Waals surface area contributed by atoms with Crippen molar-refractivity contribution in [3.8, 4) is 0 Å². The largest absolute Gasteiger partial charge is 0.465 e. The molecule has 0 aliphatic rings. The van der Waals surface area contributed by atoms with Crippen molar-refractivity contribution >= 4 is 17.7 Å². The van der Waals surface area contributed by atoms with Gasteiger partial charge in [-0.1, -0.05) is 24.8 Å². The smallest absolute Gasteiger partial charge is 0.411 e. The van der Waals surface area contributed by atoms with Crippen LogP contribution in [0.25, 0.3) is 0 Å². The second-order valence-electron chi connectivity index (χ2n) is 4.22. The quantitative estimate of drug-likeness (QED) is 0.655. The Morgan fingerprint density at radius 1 is 1.37 bits per heavy atom. The maximum absolute atomic E-state index is 11.4. The zero-order valence-electron chi connectivity index (χ0n) is 11.0. The Bertz CT molecular complexity index is 470. The van der Waals surface area contributed by atoms with Gasteiger partial charge in [0.2, 0.25) is 0 Å². The van der Waals surface area contributed by atoms with E-state index in [0.717, 1.165) is 4.90 Å². The minimum atomic E-state index is -1.09. The number of nitrogens with zero attached hydrogens (tertiary/aromatic N) is 1. The fourth-order valence-corrected chi connectivity index (χ4v) is 1.48. The number of carbonyl (C=O) groups excluding carboxylic acids is 1. The molecular weight excluding hydrogens is 246 g/mol. The van der Waals surface area contributed by atoms with E-state index in [9.17, 15) is 14.7 Å². The van der Waals surface area contributed by atoms with Crippen LogP contribution in [0.5, 0.6) is 0 Å². The zero-order chi connectivity index (χ0) is 14.4. The van der Waals surface area contributed by atoms with Crippen LogP contribution in [0.2, 0.25) is 0 Å². The van der Waals surface area contributed by atoms with Gasteiger partial charge in [-0.15, -0.1) is 0 Å². The lowest BCUT2D eigenvalue weighted by Crippen LogP contribution is -2.37. The lowest BCUT2D eigenvalue weighted by atomic mass is 10.2. The molecule has 1 rings (SSSR count). The first-order valence-corrected chi connectivity index (χ1v) is 5.83. The lowest BCUT2D eigenvalue weighted by molar-refractivity contribution is -0.142. The number of amides is 1. The molecule has 0 saturated carbocycles. The van der Waals surface area contributed by atoms with Crippen molar-refractivity contribution in [3.05, 3.63) is 42.5 Å². The highest BCUT2D eigenvalue weighted by atomic mass is 16.5. The third-order valence-corrected chi connectivity index (χ3v) is 2.40. The summed E-state index contributed by atoms with van der Waals surface area (Å²) in [6.07, 6.45) is -1.65. The van der Waals surface area contributed by atoms with Gasteiger partial charge in [-0.05, 0) is 26.0 Å². The van der Waals surface area contributed by atoms with Gasteiger partial charge in [0.15, 0.2) is 0 Å². The molecule has 0 bridgehead atoms. The number of rotatable bonds is 5. The van der Waals surface area contributed by atoms with Crippen LogP contribution in [-0.4, -0.2) is 29.8 Å². The normalized spacial score (nSPS) is 11.5. The third-order valence-electron chi connectivity index (χ3n) is 2.40. The van der Waals surface area contributed by atoms with Crippen molar-refractivity contribution in [1.29, 1.82) is 0 Å². The molecule has 1 aromatic rings. The number of hydrogen-bond donors (Lipinski definition) is 1. The molecule has 0 spiro atoms. The monoisotopic (exact) mass is 263 g/mol. The summed E-state index contributed by atoms with van der Waals surface area (Å²) < 4.78 is 5.07. The molecular formula is C14H17NO4. The van der Waals surface area contributed by atoms with Crippen LogP contribution < -0.4 is 4.90 Å². The Kier molecular flexibility index (Phi) is 5.11. The average Bonchev–Trinajstić information content (AvgIpc) is 2.36. The number of hydrogen-bond acceptors (Lipinski definition) is 3.